The molecule has 0 radical (unpaired) electrons. The van der Waals surface area contributed by atoms with E-state index in [0.717, 1.165) is 22.6 Å². The zero-order chi connectivity index (χ0) is 18.8. The summed E-state index contributed by atoms with van der Waals surface area (Å²) in [6.07, 6.45) is 3.22. The standard InChI is InChI=1S/C22H18N2O3/c1-15-5-3-6-17(13-15)24-21(16-8-10-18(26-2)11-9-16)23-20(22(24)25)14-19-7-4-12-27-19/h3-14H,1-2H3/b20-14+. The molecule has 0 saturated carbocycles. The van der Waals surface area contributed by atoms with Gasteiger partial charge in [0.2, 0.25) is 0 Å². The van der Waals surface area contributed by atoms with Crippen LogP contribution in [0.1, 0.15) is 16.9 Å². The number of aliphatic imine (C=N–C) groups is 1. The summed E-state index contributed by atoms with van der Waals surface area (Å²) in [4.78, 5) is 19.4. The Balaban J connectivity index is 1.82. The van der Waals surface area contributed by atoms with E-state index in [0.29, 0.717) is 17.3 Å². The first-order valence-electron chi connectivity index (χ1n) is 8.55. The van der Waals surface area contributed by atoms with Crippen molar-refractivity contribution in [3.8, 4) is 5.75 Å². The Kier molecular flexibility index (Phi) is 4.34. The zero-order valence-corrected chi connectivity index (χ0v) is 15.0. The number of carbonyl (C=O) groups excluding carboxylic acids is 1. The number of amidine groups is 1. The first-order chi connectivity index (χ1) is 13.2. The SMILES string of the molecule is COc1ccc(C2=N/C(=C/c3ccco3)C(=O)N2c2cccc(C)c2)cc1. The van der Waals surface area contributed by atoms with Gasteiger partial charge in [0.05, 0.1) is 19.1 Å². The fraction of sp³-hybridized carbons (Fsp3) is 0.0909. The van der Waals surface area contributed by atoms with E-state index >= 15 is 0 Å². The van der Waals surface area contributed by atoms with Crippen LogP contribution in [0.5, 0.6) is 5.75 Å². The number of ether oxygens (including phenoxy) is 1. The maximum absolute atomic E-state index is 13.1. The molecule has 1 aromatic heterocycles. The Labute approximate surface area is 157 Å². The second-order valence-corrected chi connectivity index (χ2v) is 6.19. The van der Waals surface area contributed by atoms with Crippen molar-refractivity contribution >= 4 is 23.5 Å². The summed E-state index contributed by atoms with van der Waals surface area (Å²) in [5.74, 6) is 1.72. The highest BCUT2D eigenvalue weighted by Crippen LogP contribution is 2.29. The van der Waals surface area contributed by atoms with Crippen LogP contribution in [0.3, 0.4) is 0 Å². The number of hydrogen-bond donors (Lipinski definition) is 0. The van der Waals surface area contributed by atoms with Crippen molar-refractivity contribution in [3.05, 3.63) is 89.5 Å². The summed E-state index contributed by atoms with van der Waals surface area (Å²) in [6, 6.07) is 18.8. The molecular formula is C22H18N2O3. The summed E-state index contributed by atoms with van der Waals surface area (Å²) in [7, 11) is 1.62. The number of nitrogens with zero attached hydrogens (tertiary/aromatic N) is 2. The molecule has 1 aliphatic heterocycles. The molecule has 5 heteroatoms. The minimum Gasteiger partial charge on any atom is -0.497 e. The number of furan rings is 1. The van der Waals surface area contributed by atoms with Gasteiger partial charge in [-0.05, 0) is 61.0 Å². The van der Waals surface area contributed by atoms with Gasteiger partial charge < -0.3 is 9.15 Å². The third-order valence-corrected chi connectivity index (χ3v) is 4.29. The van der Waals surface area contributed by atoms with Gasteiger partial charge in [0.1, 0.15) is 23.0 Å². The Morgan fingerprint density at radius 1 is 1.07 bits per heavy atom. The normalized spacial score (nSPS) is 15.3. The number of anilines is 1. The summed E-state index contributed by atoms with van der Waals surface area (Å²) in [5.41, 5.74) is 3.00. The first-order valence-corrected chi connectivity index (χ1v) is 8.55. The van der Waals surface area contributed by atoms with Gasteiger partial charge in [-0.15, -0.1) is 0 Å². The lowest BCUT2D eigenvalue weighted by molar-refractivity contribution is -0.113. The lowest BCUT2D eigenvalue weighted by Gasteiger charge is -2.19. The fourth-order valence-corrected chi connectivity index (χ4v) is 2.97. The Bertz CT molecular complexity index is 1030. The van der Waals surface area contributed by atoms with Gasteiger partial charge in [0.15, 0.2) is 0 Å². The fourth-order valence-electron chi connectivity index (χ4n) is 2.97. The van der Waals surface area contributed by atoms with Crippen molar-refractivity contribution in [1.29, 1.82) is 0 Å². The molecule has 0 spiro atoms. The summed E-state index contributed by atoms with van der Waals surface area (Å²) >= 11 is 0. The van der Waals surface area contributed by atoms with E-state index in [2.05, 4.69) is 4.99 Å². The van der Waals surface area contributed by atoms with Crippen molar-refractivity contribution in [2.24, 2.45) is 4.99 Å². The van der Waals surface area contributed by atoms with Crippen LogP contribution in [-0.4, -0.2) is 18.9 Å². The minimum atomic E-state index is -0.192. The van der Waals surface area contributed by atoms with E-state index < -0.39 is 0 Å². The zero-order valence-electron chi connectivity index (χ0n) is 15.0. The molecule has 4 rings (SSSR count). The molecule has 0 N–H and O–H groups in total. The Morgan fingerprint density at radius 2 is 1.89 bits per heavy atom. The summed E-state index contributed by atoms with van der Waals surface area (Å²) in [6.45, 7) is 1.99. The molecule has 1 aliphatic rings. The maximum Gasteiger partial charge on any atom is 0.282 e. The molecule has 5 nitrogen and oxygen atoms in total. The summed E-state index contributed by atoms with van der Waals surface area (Å²) in [5, 5.41) is 0. The highest BCUT2D eigenvalue weighted by Gasteiger charge is 2.32. The van der Waals surface area contributed by atoms with Gasteiger partial charge in [-0.3, -0.25) is 9.69 Å². The molecule has 0 atom stereocenters. The number of hydrogen-bond acceptors (Lipinski definition) is 4. The Morgan fingerprint density at radius 3 is 2.56 bits per heavy atom. The molecule has 0 aliphatic carbocycles. The van der Waals surface area contributed by atoms with E-state index in [-0.39, 0.29) is 5.91 Å². The number of aryl methyl sites for hydroxylation is 1. The van der Waals surface area contributed by atoms with Gasteiger partial charge in [-0.1, -0.05) is 12.1 Å². The van der Waals surface area contributed by atoms with Crippen LogP contribution in [0.25, 0.3) is 6.08 Å². The minimum absolute atomic E-state index is 0.192. The van der Waals surface area contributed by atoms with Crippen LogP contribution in [0.2, 0.25) is 0 Å². The Hall–Kier alpha value is -3.60. The molecule has 134 valence electrons. The number of methoxy groups -OCH3 is 1. The van der Waals surface area contributed by atoms with Crippen LogP contribution in [0, 0.1) is 6.92 Å². The van der Waals surface area contributed by atoms with Gasteiger partial charge in [0.25, 0.3) is 5.91 Å². The molecular weight excluding hydrogens is 340 g/mol. The lowest BCUT2D eigenvalue weighted by Crippen LogP contribution is -2.32. The van der Waals surface area contributed by atoms with Crippen molar-refractivity contribution in [2.75, 3.05) is 12.0 Å². The highest BCUT2D eigenvalue weighted by atomic mass is 16.5. The number of amides is 1. The van der Waals surface area contributed by atoms with Gasteiger partial charge in [-0.25, -0.2) is 4.99 Å². The van der Waals surface area contributed by atoms with Crippen LogP contribution >= 0.6 is 0 Å². The third-order valence-electron chi connectivity index (χ3n) is 4.29. The molecule has 3 aromatic rings. The molecule has 0 fully saturated rings. The molecule has 0 unspecified atom stereocenters. The van der Waals surface area contributed by atoms with Crippen LogP contribution in [-0.2, 0) is 4.79 Å². The predicted molar refractivity (Wildman–Crippen MR) is 105 cm³/mol. The number of benzene rings is 2. The quantitative estimate of drug-likeness (QED) is 0.648. The van der Waals surface area contributed by atoms with Crippen molar-refractivity contribution in [1.82, 2.24) is 0 Å². The highest BCUT2D eigenvalue weighted by molar-refractivity contribution is 6.33. The van der Waals surface area contributed by atoms with E-state index in [1.165, 1.54) is 0 Å². The third kappa shape index (κ3) is 3.27. The van der Waals surface area contributed by atoms with E-state index in [1.54, 1.807) is 36.5 Å². The number of carbonyl (C=O) groups is 1. The molecule has 0 saturated heterocycles. The van der Waals surface area contributed by atoms with Gasteiger partial charge in [0, 0.05) is 11.6 Å². The monoisotopic (exact) mass is 358 g/mol. The van der Waals surface area contributed by atoms with Gasteiger partial charge >= 0.3 is 0 Å². The van der Waals surface area contributed by atoms with Crippen molar-refractivity contribution in [2.45, 2.75) is 6.92 Å². The van der Waals surface area contributed by atoms with E-state index in [9.17, 15) is 4.79 Å². The number of rotatable bonds is 4. The van der Waals surface area contributed by atoms with Crippen LogP contribution in [0.15, 0.2) is 82.0 Å². The lowest BCUT2D eigenvalue weighted by atomic mass is 10.1. The second-order valence-electron chi connectivity index (χ2n) is 6.19. The molecule has 1 amide bonds. The average molecular weight is 358 g/mol. The van der Waals surface area contributed by atoms with Crippen molar-refractivity contribution < 1.29 is 13.9 Å². The maximum atomic E-state index is 13.1. The topological polar surface area (TPSA) is 55.0 Å². The van der Waals surface area contributed by atoms with Gasteiger partial charge in [-0.2, -0.15) is 0 Å². The van der Waals surface area contributed by atoms with Crippen molar-refractivity contribution in [3.63, 3.8) is 0 Å². The summed E-state index contributed by atoms with van der Waals surface area (Å²) < 4.78 is 10.6. The molecule has 2 heterocycles. The van der Waals surface area contributed by atoms with Crippen LogP contribution < -0.4 is 9.64 Å². The first kappa shape index (κ1) is 16.8. The second kappa shape index (κ2) is 6.96. The molecule has 2 aromatic carbocycles. The largest absolute Gasteiger partial charge is 0.497 e. The smallest absolute Gasteiger partial charge is 0.282 e. The van der Waals surface area contributed by atoms with E-state index in [4.69, 9.17) is 9.15 Å². The van der Waals surface area contributed by atoms with Crippen LogP contribution in [0.4, 0.5) is 5.69 Å². The molecule has 27 heavy (non-hydrogen) atoms. The van der Waals surface area contributed by atoms with E-state index in [1.807, 2.05) is 55.5 Å². The molecule has 0 bridgehead atoms. The predicted octanol–water partition coefficient (Wildman–Crippen LogP) is 4.43. The average Bonchev–Trinajstić information content (AvgIpc) is 3.30.